The van der Waals surface area contributed by atoms with Crippen molar-refractivity contribution in [3.05, 3.63) is 35.9 Å². The zero-order valence-corrected chi connectivity index (χ0v) is 9.54. The molecule has 0 saturated heterocycles. The lowest BCUT2D eigenvalue weighted by Gasteiger charge is -2.07. The van der Waals surface area contributed by atoms with Gasteiger partial charge in [0, 0.05) is 5.38 Å². The van der Waals surface area contributed by atoms with Crippen LogP contribution in [0.2, 0.25) is 0 Å². The lowest BCUT2D eigenvalue weighted by atomic mass is 10.1. The Morgan fingerprint density at radius 3 is 2.67 bits per heavy atom. The number of carbonyl (C=O) groups is 1. The number of alkyl halides is 1. The van der Waals surface area contributed by atoms with Crippen molar-refractivity contribution in [3.63, 3.8) is 0 Å². The van der Waals surface area contributed by atoms with E-state index in [2.05, 4.69) is 16.9 Å². The third-order valence-electron chi connectivity index (χ3n) is 2.20. The summed E-state index contributed by atoms with van der Waals surface area (Å²) in [5, 5.41) is -0.141. The second kappa shape index (κ2) is 6.46. The highest BCUT2D eigenvalue weighted by Gasteiger charge is 2.10. The molecule has 3 heteroatoms. The molecule has 1 aromatic rings. The zero-order chi connectivity index (χ0) is 11.1. The molecular formula is C12H15ClO2. The first kappa shape index (κ1) is 12.1. The molecule has 0 aliphatic heterocycles. The Morgan fingerprint density at radius 1 is 1.40 bits per heavy atom. The van der Waals surface area contributed by atoms with Crippen molar-refractivity contribution in [2.45, 2.75) is 24.6 Å². The highest BCUT2D eigenvalue weighted by atomic mass is 35.5. The van der Waals surface area contributed by atoms with Crippen LogP contribution in [0.25, 0.3) is 0 Å². The number of ether oxygens (including phenoxy) is 1. The summed E-state index contributed by atoms with van der Waals surface area (Å²) in [6, 6.07) is 10.1. The topological polar surface area (TPSA) is 26.3 Å². The molecule has 0 spiro atoms. The number of esters is 1. The van der Waals surface area contributed by atoms with Gasteiger partial charge in [-0.1, -0.05) is 30.3 Å². The van der Waals surface area contributed by atoms with E-state index in [1.54, 1.807) is 0 Å². The second-order valence-corrected chi connectivity index (χ2v) is 4.02. The smallest absolute Gasteiger partial charge is 0.307 e. The number of hydrogen-bond acceptors (Lipinski definition) is 2. The van der Waals surface area contributed by atoms with E-state index in [0.29, 0.717) is 0 Å². The van der Waals surface area contributed by atoms with Gasteiger partial charge < -0.3 is 4.74 Å². The molecule has 0 saturated carbocycles. The predicted molar refractivity (Wildman–Crippen MR) is 61.0 cm³/mol. The first-order valence-electron chi connectivity index (χ1n) is 4.97. The maximum atomic E-state index is 10.9. The Balaban J connectivity index is 2.28. The van der Waals surface area contributed by atoms with Crippen molar-refractivity contribution in [1.29, 1.82) is 0 Å². The van der Waals surface area contributed by atoms with Crippen LogP contribution in [-0.2, 0) is 16.0 Å². The van der Waals surface area contributed by atoms with Crippen LogP contribution in [-0.4, -0.2) is 18.5 Å². The molecule has 1 rings (SSSR count). The van der Waals surface area contributed by atoms with Crippen molar-refractivity contribution in [2.75, 3.05) is 7.11 Å². The third kappa shape index (κ3) is 4.84. The molecule has 1 atom stereocenters. The van der Waals surface area contributed by atoms with Gasteiger partial charge in [-0.3, -0.25) is 4.79 Å². The van der Waals surface area contributed by atoms with Crippen molar-refractivity contribution in [2.24, 2.45) is 0 Å². The predicted octanol–water partition coefficient (Wildman–Crippen LogP) is 2.79. The van der Waals surface area contributed by atoms with E-state index in [1.807, 2.05) is 18.2 Å². The minimum atomic E-state index is -0.247. The van der Waals surface area contributed by atoms with Gasteiger partial charge in [-0.15, -0.1) is 11.6 Å². The SMILES string of the molecule is COC(=O)CC(Cl)CCc1ccccc1. The minimum Gasteiger partial charge on any atom is -0.469 e. The number of methoxy groups -OCH3 is 1. The molecule has 0 bridgehead atoms. The van der Waals surface area contributed by atoms with E-state index >= 15 is 0 Å². The van der Waals surface area contributed by atoms with Crippen LogP contribution >= 0.6 is 11.6 Å². The lowest BCUT2D eigenvalue weighted by Crippen LogP contribution is -2.10. The number of carbonyl (C=O) groups excluding carboxylic acids is 1. The summed E-state index contributed by atoms with van der Waals surface area (Å²) in [6.45, 7) is 0. The average molecular weight is 227 g/mol. The summed E-state index contributed by atoms with van der Waals surface area (Å²) < 4.78 is 4.55. The van der Waals surface area contributed by atoms with Crippen LogP contribution in [0.3, 0.4) is 0 Å². The standard InChI is InChI=1S/C12H15ClO2/c1-15-12(14)9-11(13)8-7-10-5-3-2-4-6-10/h2-6,11H,7-9H2,1H3. The van der Waals surface area contributed by atoms with Gasteiger partial charge in [0.2, 0.25) is 0 Å². The summed E-state index contributed by atoms with van der Waals surface area (Å²) in [4.78, 5) is 10.9. The van der Waals surface area contributed by atoms with Gasteiger partial charge in [0.05, 0.1) is 13.5 Å². The molecule has 0 amide bonds. The van der Waals surface area contributed by atoms with Gasteiger partial charge in [0.1, 0.15) is 0 Å². The van der Waals surface area contributed by atoms with Gasteiger partial charge in [-0.2, -0.15) is 0 Å². The van der Waals surface area contributed by atoms with Crippen molar-refractivity contribution in [1.82, 2.24) is 0 Å². The van der Waals surface area contributed by atoms with E-state index in [-0.39, 0.29) is 17.8 Å². The molecule has 2 nitrogen and oxygen atoms in total. The van der Waals surface area contributed by atoms with Gasteiger partial charge in [-0.25, -0.2) is 0 Å². The highest BCUT2D eigenvalue weighted by Crippen LogP contribution is 2.12. The maximum Gasteiger partial charge on any atom is 0.307 e. The van der Waals surface area contributed by atoms with Crippen LogP contribution < -0.4 is 0 Å². The first-order valence-corrected chi connectivity index (χ1v) is 5.41. The normalized spacial score (nSPS) is 12.1. The number of rotatable bonds is 5. The van der Waals surface area contributed by atoms with E-state index in [0.717, 1.165) is 12.8 Å². The molecule has 1 aromatic carbocycles. The third-order valence-corrected chi connectivity index (χ3v) is 2.58. The Hall–Kier alpha value is -1.02. The molecule has 1 unspecified atom stereocenters. The largest absolute Gasteiger partial charge is 0.469 e. The zero-order valence-electron chi connectivity index (χ0n) is 8.78. The number of aryl methyl sites for hydroxylation is 1. The molecule has 0 heterocycles. The molecule has 82 valence electrons. The Labute approximate surface area is 95.2 Å². The van der Waals surface area contributed by atoms with Crippen LogP contribution in [0.4, 0.5) is 0 Å². The maximum absolute atomic E-state index is 10.9. The van der Waals surface area contributed by atoms with Gasteiger partial charge >= 0.3 is 5.97 Å². The molecule has 0 fully saturated rings. The van der Waals surface area contributed by atoms with Gasteiger partial charge in [-0.05, 0) is 18.4 Å². The fraction of sp³-hybridized carbons (Fsp3) is 0.417. The molecule has 0 radical (unpaired) electrons. The molecule has 0 aliphatic rings. The molecule has 0 aromatic heterocycles. The number of halogens is 1. The summed E-state index contributed by atoms with van der Waals surface area (Å²) in [7, 11) is 1.38. The fourth-order valence-electron chi connectivity index (χ4n) is 1.33. The molecule has 15 heavy (non-hydrogen) atoms. The van der Waals surface area contributed by atoms with Gasteiger partial charge in [0.25, 0.3) is 0 Å². The van der Waals surface area contributed by atoms with Crippen molar-refractivity contribution in [3.8, 4) is 0 Å². The van der Waals surface area contributed by atoms with Crippen LogP contribution in [0.1, 0.15) is 18.4 Å². The summed E-state index contributed by atoms with van der Waals surface area (Å²) in [5.74, 6) is -0.247. The van der Waals surface area contributed by atoms with Gasteiger partial charge in [0.15, 0.2) is 0 Å². The highest BCUT2D eigenvalue weighted by molar-refractivity contribution is 6.21. The average Bonchev–Trinajstić information content (AvgIpc) is 2.27. The van der Waals surface area contributed by atoms with E-state index < -0.39 is 0 Å². The van der Waals surface area contributed by atoms with E-state index in [9.17, 15) is 4.79 Å². The van der Waals surface area contributed by atoms with Crippen molar-refractivity contribution >= 4 is 17.6 Å². The van der Waals surface area contributed by atoms with Crippen molar-refractivity contribution < 1.29 is 9.53 Å². The molecular weight excluding hydrogens is 212 g/mol. The monoisotopic (exact) mass is 226 g/mol. The lowest BCUT2D eigenvalue weighted by molar-refractivity contribution is -0.140. The van der Waals surface area contributed by atoms with Crippen LogP contribution in [0.5, 0.6) is 0 Å². The second-order valence-electron chi connectivity index (χ2n) is 3.40. The quantitative estimate of drug-likeness (QED) is 0.570. The molecule has 0 aliphatic carbocycles. The Morgan fingerprint density at radius 2 is 2.07 bits per heavy atom. The van der Waals surface area contributed by atoms with E-state index in [4.69, 9.17) is 11.6 Å². The summed E-state index contributed by atoms with van der Waals surface area (Å²) in [5.41, 5.74) is 1.24. The number of hydrogen-bond donors (Lipinski definition) is 0. The first-order chi connectivity index (χ1) is 7.22. The fourth-order valence-corrected chi connectivity index (χ4v) is 1.57. The summed E-state index contributed by atoms with van der Waals surface area (Å²) >= 11 is 6.00. The summed E-state index contributed by atoms with van der Waals surface area (Å²) in [6.07, 6.45) is 1.97. The molecule has 0 N–H and O–H groups in total. The minimum absolute atomic E-state index is 0.141. The number of benzene rings is 1. The Kier molecular flexibility index (Phi) is 5.19. The van der Waals surface area contributed by atoms with Crippen LogP contribution in [0, 0.1) is 0 Å². The van der Waals surface area contributed by atoms with Crippen LogP contribution in [0.15, 0.2) is 30.3 Å². The van der Waals surface area contributed by atoms with E-state index in [1.165, 1.54) is 12.7 Å². The Bertz CT molecular complexity index is 298.